The summed E-state index contributed by atoms with van der Waals surface area (Å²) in [6.45, 7) is 4.59. The Morgan fingerprint density at radius 2 is 2.06 bits per heavy atom. The van der Waals surface area contributed by atoms with Gasteiger partial charge < -0.3 is 20.9 Å². The van der Waals surface area contributed by atoms with Crippen LogP contribution in [-0.4, -0.2) is 51.1 Å². The minimum atomic E-state index is -0.572. The molecule has 0 bridgehead atoms. The molecule has 166 valence electrons. The van der Waals surface area contributed by atoms with E-state index in [1.165, 1.54) is 12.1 Å². The van der Waals surface area contributed by atoms with E-state index in [9.17, 15) is 13.6 Å². The van der Waals surface area contributed by atoms with Crippen LogP contribution in [0.25, 0.3) is 0 Å². The highest BCUT2D eigenvalue weighted by Crippen LogP contribution is 2.24. The van der Waals surface area contributed by atoms with Crippen molar-refractivity contribution in [2.75, 3.05) is 38.1 Å². The van der Waals surface area contributed by atoms with Crippen molar-refractivity contribution in [1.82, 2.24) is 16.0 Å². The van der Waals surface area contributed by atoms with Crippen molar-refractivity contribution >= 4 is 17.6 Å². The Bertz CT molecular complexity index is 934. The van der Waals surface area contributed by atoms with Gasteiger partial charge in [-0.1, -0.05) is 12.1 Å². The predicted octanol–water partition coefficient (Wildman–Crippen LogP) is 2.70. The number of benzene rings is 2. The molecule has 6 nitrogen and oxygen atoms in total. The Kier molecular flexibility index (Phi) is 7.81. The molecule has 8 heteroatoms. The number of rotatable bonds is 7. The van der Waals surface area contributed by atoms with Gasteiger partial charge in [0.25, 0.3) is 5.91 Å². The van der Waals surface area contributed by atoms with Gasteiger partial charge in [-0.2, -0.15) is 0 Å². The minimum absolute atomic E-state index is 0.108. The molecule has 0 radical (unpaired) electrons. The van der Waals surface area contributed by atoms with Crippen LogP contribution in [0.4, 0.5) is 14.5 Å². The molecule has 0 aliphatic carbocycles. The molecule has 1 aliphatic heterocycles. The number of aliphatic imine (C=N–C) groups is 1. The summed E-state index contributed by atoms with van der Waals surface area (Å²) in [5.41, 5.74) is 2.09. The summed E-state index contributed by atoms with van der Waals surface area (Å²) < 4.78 is 27.3. The molecule has 31 heavy (non-hydrogen) atoms. The predicted molar refractivity (Wildman–Crippen MR) is 120 cm³/mol. The molecule has 3 N–H and O–H groups in total. The maximum absolute atomic E-state index is 14.1. The molecule has 1 fully saturated rings. The van der Waals surface area contributed by atoms with E-state index >= 15 is 0 Å². The first-order chi connectivity index (χ1) is 15.0. The third-order valence-electron chi connectivity index (χ3n) is 5.21. The average molecular weight is 430 g/mol. The molecular weight excluding hydrogens is 400 g/mol. The zero-order valence-corrected chi connectivity index (χ0v) is 17.9. The zero-order valence-electron chi connectivity index (χ0n) is 17.9. The van der Waals surface area contributed by atoms with Crippen LogP contribution in [0.1, 0.15) is 29.3 Å². The van der Waals surface area contributed by atoms with Gasteiger partial charge in [0.2, 0.25) is 0 Å². The summed E-state index contributed by atoms with van der Waals surface area (Å²) in [7, 11) is 1.61. The number of amides is 1. The normalized spacial score (nSPS) is 16.3. The number of anilines is 1. The van der Waals surface area contributed by atoms with Crippen molar-refractivity contribution in [3.8, 4) is 0 Å². The van der Waals surface area contributed by atoms with E-state index in [1.54, 1.807) is 13.1 Å². The molecule has 0 saturated carbocycles. The van der Waals surface area contributed by atoms with Crippen molar-refractivity contribution in [2.24, 2.45) is 4.99 Å². The Morgan fingerprint density at radius 1 is 1.23 bits per heavy atom. The first-order valence-corrected chi connectivity index (χ1v) is 10.6. The van der Waals surface area contributed by atoms with Crippen LogP contribution in [0.3, 0.4) is 0 Å². The Morgan fingerprint density at radius 3 is 2.81 bits per heavy atom. The second-order valence-corrected chi connectivity index (χ2v) is 7.46. The van der Waals surface area contributed by atoms with Crippen LogP contribution in [0.5, 0.6) is 0 Å². The average Bonchev–Trinajstić information content (AvgIpc) is 3.21. The molecule has 0 aromatic heterocycles. The monoisotopic (exact) mass is 429 g/mol. The second kappa shape index (κ2) is 10.7. The standard InChI is InChI=1S/C23H29F2N5O/c1-3-27-23(28-11-9-16-5-4-6-17(13-16)22(31)26-2)29-19-10-12-30(15-19)21-8-7-18(24)14-20(21)25/h4-8,13-14,19H,3,9-12,15H2,1-2H3,(H,26,31)(H2,27,28,29). The van der Waals surface area contributed by atoms with Gasteiger partial charge in [0.1, 0.15) is 11.6 Å². The van der Waals surface area contributed by atoms with Gasteiger partial charge in [0.15, 0.2) is 5.96 Å². The van der Waals surface area contributed by atoms with Crippen LogP contribution < -0.4 is 20.9 Å². The number of hydrogen-bond acceptors (Lipinski definition) is 3. The van der Waals surface area contributed by atoms with Crippen molar-refractivity contribution < 1.29 is 13.6 Å². The first-order valence-electron chi connectivity index (χ1n) is 10.6. The highest BCUT2D eigenvalue weighted by molar-refractivity contribution is 5.94. The largest absolute Gasteiger partial charge is 0.367 e. The highest BCUT2D eigenvalue weighted by Gasteiger charge is 2.25. The van der Waals surface area contributed by atoms with Crippen molar-refractivity contribution in [1.29, 1.82) is 0 Å². The lowest BCUT2D eigenvalue weighted by Gasteiger charge is -2.21. The first kappa shape index (κ1) is 22.5. The Balaban J connectivity index is 1.57. The Labute approximate surface area is 181 Å². The lowest BCUT2D eigenvalue weighted by Crippen LogP contribution is -2.44. The fraction of sp³-hybridized carbons (Fsp3) is 0.391. The number of carbonyl (C=O) groups excluding carboxylic acids is 1. The van der Waals surface area contributed by atoms with E-state index in [1.807, 2.05) is 30.0 Å². The lowest BCUT2D eigenvalue weighted by molar-refractivity contribution is 0.0963. The summed E-state index contributed by atoms with van der Waals surface area (Å²) in [6.07, 6.45) is 1.54. The number of guanidine groups is 1. The van der Waals surface area contributed by atoms with E-state index in [2.05, 4.69) is 20.9 Å². The van der Waals surface area contributed by atoms with Crippen LogP contribution in [0.2, 0.25) is 0 Å². The minimum Gasteiger partial charge on any atom is -0.367 e. The second-order valence-electron chi connectivity index (χ2n) is 7.46. The van der Waals surface area contributed by atoms with Gasteiger partial charge in [-0.3, -0.25) is 9.79 Å². The van der Waals surface area contributed by atoms with Gasteiger partial charge in [0, 0.05) is 50.9 Å². The molecule has 0 spiro atoms. The summed E-state index contributed by atoms with van der Waals surface area (Å²) in [5.74, 6) is -0.516. The van der Waals surface area contributed by atoms with E-state index < -0.39 is 11.6 Å². The number of nitrogens with zero attached hydrogens (tertiary/aromatic N) is 2. The fourth-order valence-corrected chi connectivity index (χ4v) is 3.66. The van der Waals surface area contributed by atoms with Crippen LogP contribution in [0.15, 0.2) is 47.5 Å². The summed E-state index contributed by atoms with van der Waals surface area (Å²) in [4.78, 5) is 18.4. The fourth-order valence-electron chi connectivity index (χ4n) is 3.66. The molecule has 1 saturated heterocycles. The molecule has 1 heterocycles. The van der Waals surface area contributed by atoms with E-state index in [0.29, 0.717) is 43.3 Å². The van der Waals surface area contributed by atoms with Crippen molar-refractivity contribution in [2.45, 2.75) is 25.8 Å². The van der Waals surface area contributed by atoms with Crippen LogP contribution in [0, 0.1) is 11.6 Å². The number of nitrogens with one attached hydrogen (secondary N) is 3. The summed E-state index contributed by atoms with van der Waals surface area (Å²) in [5, 5.41) is 9.28. The van der Waals surface area contributed by atoms with Gasteiger partial charge >= 0.3 is 0 Å². The molecule has 1 unspecified atom stereocenters. The zero-order chi connectivity index (χ0) is 22.2. The van der Waals surface area contributed by atoms with Gasteiger partial charge in [0.05, 0.1) is 5.69 Å². The lowest BCUT2D eigenvalue weighted by atomic mass is 10.1. The third-order valence-corrected chi connectivity index (χ3v) is 5.21. The van der Waals surface area contributed by atoms with Gasteiger partial charge in [-0.25, -0.2) is 8.78 Å². The number of halogens is 2. The number of hydrogen-bond donors (Lipinski definition) is 3. The SMILES string of the molecule is CCNC(=NCCc1cccc(C(=O)NC)c1)NC1CCN(c2ccc(F)cc2F)C1. The molecule has 3 rings (SSSR count). The maximum atomic E-state index is 14.1. The van der Waals surface area contributed by atoms with E-state index in [4.69, 9.17) is 0 Å². The smallest absolute Gasteiger partial charge is 0.251 e. The van der Waals surface area contributed by atoms with Gasteiger partial charge in [-0.15, -0.1) is 0 Å². The molecule has 1 aliphatic rings. The number of carbonyl (C=O) groups is 1. The maximum Gasteiger partial charge on any atom is 0.251 e. The molecule has 1 atom stereocenters. The molecule has 1 amide bonds. The molecular formula is C23H29F2N5O. The third kappa shape index (κ3) is 6.16. The van der Waals surface area contributed by atoms with Crippen molar-refractivity contribution in [3.05, 3.63) is 65.2 Å². The highest BCUT2D eigenvalue weighted by atomic mass is 19.1. The van der Waals surface area contributed by atoms with Crippen LogP contribution >= 0.6 is 0 Å². The Hall–Kier alpha value is -3.16. The van der Waals surface area contributed by atoms with Crippen LogP contribution in [-0.2, 0) is 6.42 Å². The van der Waals surface area contributed by atoms with E-state index in [0.717, 1.165) is 24.6 Å². The van der Waals surface area contributed by atoms with E-state index in [-0.39, 0.29) is 11.9 Å². The topological polar surface area (TPSA) is 68.8 Å². The van der Waals surface area contributed by atoms with Crippen molar-refractivity contribution in [3.63, 3.8) is 0 Å². The molecule has 2 aromatic rings. The summed E-state index contributed by atoms with van der Waals surface area (Å²) in [6, 6.07) is 11.3. The molecule has 2 aromatic carbocycles. The quantitative estimate of drug-likeness (QED) is 0.468. The summed E-state index contributed by atoms with van der Waals surface area (Å²) >= 11 is 0. The van der Waals surface area contributed by atoms with Gasteiger partial charge in [-0.05, 0) is 49.6 Å².